The van der Waals surface area contributed by atoms with Gasteiger partial charge in [0.1, 0.15) is 12.4 Å². The second-order valence-corrected chi connectivity index (χ2v) is 26.3. The molecular weight excluding hydrogens is 1000 g/mol. The Morgan fingerprint density at radius 3 is 2.14 bits per heavy atom. The number of fused-ring (bicyclic) bond motifs is 8. The minimum absolute atomic E-state index is 0.00705. The number of carbonyl (C=O) groups excluding carboxylic acids is 1. The summed E-state index contributed by atoms with van der Waals surface area (Å²) in [6, 6.07) is 25.5. The Balaban J connectivity index is 0.783. The van der Waals surface area contributed by atoms with Crippen molar-refractivity contribution in [3.05, 3.63) is 130 Å². The van der Waals surface area contributed by atoms with Crippen LogP contribution in [0.2, 0.25) is 0 Å². The van der Waals surface area contributed by atoms with Crippen LogP contribution in [-0.2, 0) is 63.4 Å². The molecule has 396 valence electrons. The molecule has 2 unspecified atom stereocenters. The predicted octanol–water partition coefficient (Wildman–Crippen LogP) is 7.45. The van der Waals surface area contributed by atoms with Crippen molar-refractivity contribution in [2.45, 2.75) is 107 Å². The van der Waals surface area contributed by atoms with Gasteiger partial charge >= 0.3 is 0 Å². The molecule has 5 aliphatic rings. The summed E-state index contributed by atoms with van der Waals surface area (Å²) < 4.78 is 101. The van der Waals surface area contributed by atoms with Gasteiger partial charge in [0.15, 0.2) is 12.3 Å². The zero-order chi connectivity index (χ0) is 52.8. The number of nitrogens with one attached hydrogen (secondary N) is 3. The fraction of sp³-hybridized carbons (Fsp3) is 0.455. The van der Waals surface area contributed by atoms with Crippen molar-refractivity contribution in [3.63, 3.8) is 0 Å². The van der Waals surface area contributed by atoms with Crippen LogP contribution < -0.4 is 24.4 Å². The molecule has 0 saturated carbocycles. The highest BCUT2D eigenvalue weighted by Gasteiger charge is 2.54. The minimum Gasteiger partial charge on any atom is -0.492 e. The maximum atomic E-state index is 13.4. The van der Waals surface area contributed by atoms with E-state index in [0.29, 0.717) is 36.8 Å². The topological polar surface area (TPSA) is 204 Å². The van der Waals surface area contributed by atoms with Crippen molar-refractivity contribution in [2.75, 3.05) is 72.7 Å². The van der Waals surface area contributed by atoms with E-state index in [4.69, 9.17) is 9.47 Å². The standard InChI is InChI=1S/C55H68N6O10S3/c1-54(2)45-33-38(13-21-47(45)60-29-24-49-43(52(54)60)36-44-50(71-49)25-30-61-48-22-20-42(74(67,68)69)35-46(48)55(3,4)53(44)61)34-51(62)56-26-9-7-8-10-27-59(28-23-37-11-14-39(15-12-37)57-72(5,63)64)31-32-70-41-18-16-40(17-19-41)58-73(6,65)66/h11-22,33,35-36,49-50,57-58H,7-10,23-32,34H2,1-6H3,(H-,56,62,67,68,69)/p+1. The van der Waals surface area contributed by atoms with Crippen molar-refractivity contribution in [1.82, 2.24) is 10.2 Å². The van der Waals surface area contributed by atoms with Gasteiger partial charge < -0.3 is 19.7 Å². The number of unbranched alkanes of at least 4 members (excludes halogenated alkanes) is 3. The molecule has 0 aromatic heterocycles. The molecule has 16 nitrogen and oxygen atoms in total. The van der Waals surface area contributed by atoms with E-state index in [1.165, 1.54) is 22.9 Å². The third-order valence-electron chi connectivity index (χ3n) is 15.0. The highest BCUT2D eigenvalue weighted by atomic mass is 32.2. The lowest BCUT2D eigenvalue weighted by Gasteiger charge is -2.42. The third kappa shape index (κ3) is 11.8. The molecule has 5 aliphatic heterocycles. The molecule has 0 fully saturated rings. The second-order valence-electron chi connectivity index (χ2n) is 21.4. The Morgan fingerprint density at radius 1 is 0.770 bits per heavy atom. The Kier molecular flexibility index (Phi) is 15.0. The van der Waals surface area contributed by atoms with Crippen LogP contribution in [0, 0.1) is 0 Å². The van der Waals surface area contributed by atoms with E-state index >= 15 is 0 Å². The zero-order valence-electron chi connectivity index (χ0n) is 43.1. The summed E-state index contributed by atoms with van der Waals surface area (Å²) >= 11 is 0. The van der Waals surface area contributed by atoms with Crippen LogP contribution in [0.25, 0.3) is 0 Å². The fourth-order valence-corrected chi connectivity index (χ4v) is 13.2. The molecule has 4 aromatic rings. The number of rotatable bonds is 21. The van der Waals surface area contributed by atoms with Gasteiger partial charge in [-0.15, -0.1) is 0 Å². The maximum Gasteiger partial charge on any atom is 0.294 e. The average molecular weight is 1070 g/mol. The average Bonchev–Trinajstić information content (AvgIpc) is 3.71. The van der Waals surface area contributed by atoms with Crippen molar-refractivity contribution in [2.24, 2.45) is 0 Å². The van der Waals surface area contributed by atoms with E-state index in [1.807, 2.05) is 18.2 Å². The van der Waals surface area contributed by atoms with E-state index in [1.54, 1.807) is 42.5 Å². The van der Waals surface area contributed by atoms with E-state index in [9.17, 15) is 34.6 Å². The first-order chi connectivity index (χ1) is 34.9. The number of hydrogen-bond donors (Lipinski definition) is 4. The first-order valence-corrected chi connectivity index (χ1v) is 30.7. The number of nitrogens with zero attached hydrogens (tertiary/aromatic N) is 3. The van der Waals surface area contributed by atoms with Gasteiger partial charge in [-0.3, -0.25) is 23.7 Å². The van der Waals surface area contributed by atoms with Gasteiger partial charge in [0.25, 0.3) is 10.1 Å². The number of benzene rings is 4. The van der Waals surface area contributed by atoms with Gasteiger partial charge in [-0.1, -0.05) is 51.0 Å². The molecular formula is C55H69N6O10S3+. The van der Waals surface area contributed by atoms with Gasteiger partial charge in [0, 0.05) is 83.6 Å². The molecule has 19 heteroatoms. The SMILES string of the molecule is CC1(C)C2=C3C=C4C5=[N+](CCC4OC3CCN2c2ccc(CC(=O)NCCCCCCN(CCOc3ccc(NS(C)(=O)=O)cc3)CCc3ccc(NS(C)(=O)=O)cc3)cc21)c1ccc(S(=O)(=O)O)cc1C5(C)C. The number of amides is 1. The lowest BCUT2D eigenvalue weighted by molar-refractivity contribution is -0.445. The molecule has 4 N–H and O–H groups in total. The van der Waals surface area contributed by atoms with Crippen LogP contribution in [0.3, 0.4) is 0 Å². The number of hydrogen-bond acceptors (Lipinski definition) is 11. The summed E-state index contributed by atoms with van der Waals surface area (Å²) in [6.45, 7) is 13.7. The summed E-state index contributed by atoms with van der Waals surface area (Å²) in [5.41, 5.74) is 10.9. The van der Waals surface area contributed by atoms with Crippen LogP contribution in [0.15, 0.2) is 113 Å². The molecule has 0 saturated heterocycles. The zero-order valence-corrected chi connectivity index (χ0v) is 45.6. The van der Waals surface area contributed by atoms with Crippen molar-refractivity contribution in [3.8, 4) is 5.75 Å². The normalized spacial score (nSPS) is 19.5. The van der Waals surface area contributed by atoms with Crippen molar-refractivity contribution in [1.29, 1.82) is 0 Å². The number of allylic oxidation sites excluding steroid dienone is 1. The minimum atomic E-state index is -4.36. The Labute approximate surface area is 436 Å². The molecule has 5 heterocycles. The monoisotopic (exact) mass is 1070 g/mol. The van der Waals surface area contributed by atoms with Crippen LogP contribution in [0.1, 0.15) is 88.5 Å². The van der Waals surface area contributed by atoms with E-state index in [-0.39, 0.29) is 34.8 Å². The first kappa shape index (κ1) is 53.3. The Bertz CT molecular complexity index is 3260. The van der Waals surface area contributed by atoms with Crippen molar-refractivity contribution >= 4 is 64.5 Å². The smallest absolute Gasteiger partial charge is 0.294 e. The van der Waals surface area contributed by atoms with Gasteiger partial charge in [-0.05, 0) is 123 Å². The van der Waals surface area contributed by atoms with Gasteiger partial charge in [-0.2, -0.15) is 13.0 Å². The molecule has 0 spiro atoms. The molecule has 1 amide bonds. The van der Waals surface area contributed by atoms with Gasteiger partial charge in [0.05, 0.1) is 41.5 Å². The highest BCUT2D eigenvalue weighted by Crippen LogP contribution is 2.54. The summed E-state index contributed by atoms with van der Waals surface area (Å²) in [5, 5.41) is 3.16. The van der Waals surface area contributed by atoms with Gasteiger partial charge in [0.2, 0.25) is 31.6 Å². The summed E-state index contributed by atoms with van der Waals surface area (Å²) in [7, 11) is -11.1. The van der Waals surface area contributed by atoms with Crippen molar-refractivity contribution < 1.29 is 48.6 Å². The molecule has 0 radical (unpaired) electrons. The number of ether oxygens (including phenoxy) is 2. The van der Waals surface area contributed by atoms with Gasteiger partial charge in [-0.25, -0.2) is 16.8 Å². The van der Waals surface area contributed by atoms with E-state index < -0.39 is 35.6 Å². The second kappa shape index (κ2) is 20.9. The summed E-state index contributed by atoms with van der Waals surface area (Å²) in [5.74, 6) is 0.632. The maximum absolute atomic E-state index is 13.4. The number of sulfonamides is 2. The number of anilines is 3. The molecule has 9 rings (SSSR count). The number of carbonyl (C=O) groups is 1. The third-order valence-corrected chi connectivity index (χ3v) is 17.0. The predicted molar refractivity (Wildman–Crippen MR) is 290 cm³/mol. The van der Waals surface area contributed by atoms with E-state index in [0.717, 1.165) is 123 Å². The Hall–Kier alpha value is -5.57. The van der Waals surface area contributed by atoms with E-state index in [2.05, 4.69) is 81.1 Å². The van der Waals surface area contributed by atoms with Crippen LogP contribution in [0.4, 0.5) is 22.7 Å². The quantitative estimate of drug-likeness (QED) is 0.0365. The molecule has 0 aliphatic carbocycles. The molecule has 4 aromatic carbocycles. The lowest BCUT2D eigenvalue weighted by atomic mass is 9.74. The Morgan fingerprint density at radius 2 is 1.45 bits per heavy atom. The summed E-state index contributed by atoms with van der Waals surface area (Å²) in [4.78, 5) is 18.1. The molecule has 2 atom stereocenters. The van der Waals surface area contributed by atoms with Crippen LogP contribution in [0.5, 0.6) is 5.75 Å². The fourth-order valence-electron chi connectivity index (χ4n) is 11.6. The first-order valence-electron chi connectivity index (χ1n) is 25.5. The molecule has 74 heavy (non-hydrogen) atoms. The lowest BCUT2D eigenvalue weighted by Crippen LogP contribution is -2.47. The molecule has 0 bridgehead atoms. The largest absolute Gasteiger partial charge is 0.492 e. The van der Waals surface area contributed by atoms with Crippen LogP contribution >= 0.6 is 0 Å². The highest BCUT2D eigenvalue weighted by molar-refractivity contribution is 7.92. The van der Waals surface area contributed by atoms with Crippen LogP contribution in [-0.4, -0.2) is 121 Å². The summed E-state index contributed by atoms with van der Waals surface area (Å²) in [6.07, 6.45) is 11.0.